The predicted octanol–water partition coefficient (Wildman–Crippen LogP) is 2.08. The zero-order chi connectivity index (χ0) is 16.2. The fraction of sp³-hybridized carbons (Fsp3) is 0.500. The maximum atomic E-state index is 11.8. The molecule has 130 valence electrons. The maximum Gasteiger partial charge on any atom is 0.224 e. The Kier molecular flexibility index (Phi) is 11.7. The Morgan fingerprint density at radius 1 is 1.13 bits per heavy atom. The van der Waals surface area contributed by atoms with Crippen molar-refractivity contribution in [3.8, 4) is 5.75 Å². The predicted molar refractivity (Wildman–Crippen MR) is 94.0 cm³/mol. The molecule has 0 unspecified atom stereocenters. The topological polar surface area (TPSA) is 93.5 Å². The van der Waals surface area contributed by atoms with Crippen molar-refractivity contribution in [2.75, 3.05) is 25.0 Å². The molecule has 0 saturated heterocycles. The number of hydrogen-bond donors (Lipinski definition) is 3. The van der Waals surface area contributed by atoms with Crippen LogP contribution in [0.1, 0.15) is 32.6 Å². The van der Waals surface area contributed by atoms with Gasteiger partial charge in [-0.25, -0.2) is 0 Å². The molecule has 0 bridgehead atoms. The van der Waals surface area contributed by atoms with E-state index in [1.54, 1.807) is 24.3 Å². The Bertz CT molecular complexity index is 466. The first-order valence-corrected chi connectivity index (χ1v) is 7.65. The number of amides is 2. The summed E-state index contributed by atoms with van der Waals surface area (Å²) in [5, 5.41) is 5.58. The van der Waals surface area contributed by atoms with Gasteiger partial charge in [0.1, 0.15) is 12.4 Å². The molecule has 0 fully saturated rings. The third-order valence-corrected chi connectivity index (χ3v) is 2.90. The van der Waals surface area contributed by atoms with Gasteiger partial charge in [0.2, 0.25) is 11.8 Å². The standard InChI is InChI=1S/C16H25N3O3.ClH/c1-2-11-18-15(20)4-3-5-16(21)19-13-6-8-14(9-7-13)22-12-10-17;/h6-9H,2-5,10-12,17H2,1H3,(H,18,20)(H,19,21);1H. The SMILES string of the molecule is CCCNC(=O)CCCC(=O)Nc1ccc(OCCN)cc1.Cl. The van der Waals surface area contributed by atoms with Gasteiger partial charge in [-0.05, 0) is 37.1 Å². The highest BCUT2D eigenvalue weighted by Gasteiger charge is 2.05. The minimum Gasteiger partial charge on any atom is -0.492 e. The van der Waals surface area contributed by atoms with Gasteiger partial charge in [0, 0.05) is 31.6 Å². The summed E-state index contributed by atoms with van der Waals surface area (Å²) in [6, 6.07) is 7.11. The van der Waals surface area contributed by atoms with Crippen LogP contribution < -0.4 is 21.1 Å². The lowest BCUT2D eigenvalue weighted by Crippen LogP contribution is -2.24. The third kappa shape index (κ3) is 9.76. The van der Waals surface area contributed by atoms with Gasteiger partial charge < -0.3 is 21.1 Å². The molecular weight excluding hydrogens is 318 g/mol. The summed E-state index contributed by atoms with van der Waals surface area (Å²) in [7, 11) is 0. The molecule has 0 saturated carbocycles. The van der Waals surface area contributed by atoms with E-state index in [9.17, 15) is 9.59 Å². The fourth-order valence-electron chi connectivity index (χ4n) is 1.80. The van der Waals surface area contributed by atoms with Crippen LogP contribution in [0.4, 0.5) is 5.69 Å². The molecule has 4 N–H and O–H groups in total. The largest absolute Gasteiger partial charge is 0.492 e. The molecule has 0 spiro atoms. The van der Waals surface area contributed by atoms with Crippen molar-refractivity contribution >= 4 is 29.9 Å². The minimum absolute atomic E-state index is 0. The number of nitrogens with one attached hydrogen (secondary N) is 2. The number of carbonyl (C=O) groups excluding carboxylic acids is 2. The number of hydrogen-bond acceptors (Lipinski definition) is 4. The van der Waals surface area contributed by atoms with Crippen molar-refractivity contribution < 1.29 is 14.3 Å². The second kappa shape index (κ2) is 12.7. The first kappa shape index (κ1) is 21.2. The maximum absolute atomic E-state index is 11.8. The van der Waals surface area contributed by atoms with Gasteiger partial charge in [-0.2, -0.15) is 0 Å². The van der Waals surface area contributed by atoms with Gasteiger partial charge >= 0.3 is 0 Å². The highest BCUT2D eigenvalue weighted by atomic mass is 35.5. The van der Waals surface area contributed by atoms with E-state index in [0.29, 0.717) is 44.6 Å². The number of anilines is 1. The van der Waals surface area contributed by atoms with Gasteiger partial charge in [-0.15, -0.1) is 12.4 Å². The Hall–Kier alpha value is -1.79. The number of nitrogens with two attached hydrogens (primary N) is 1. The Labute approximate surface area is 143 Å². The Morgan fingerprint density at radius 2 is 1.78 bits per heavy atom. The van der Waals surface area contributed by atoms with Crippen LogP contribution in [-0.2, 0) is 9.59 Å². The van der Waals surface area contributed by atoms with Crippen LogP contribution in [0.3, 0.4) is 0 Å². The van der Waals surface area contributed by atoms with Gasteiger partial charge in [0.15, 0.2) is 0 Å². The van der Waals surface area contributed by atoms with Gasteiger partial charge in [-0.1, -0.05) is 6.92 Å². The molecule has 1 aromatic carbocycles. The van der Waals surface area contributed by atoms with E-state index >= 15 is 0 Å². The van der Waals surface area contributed by atoms with Crippen LogP contribution in [0.2, 0.25) is 0 Å². The molecule has 0 aliphatic carbocycles. The highest BCUT2D eigenvalue weighted by Crippen LogP contribution is 2.15. The van der Waals surface area contributed by atoms with Gasteiger partial charge in [0.05, 0.1) is 0 Å². The molecule has 0 aliphatic rings. The first-order chi connectivity index (χ1) is 10.7. The lowest BCUT2D eigenvalue weighted by Gasteiger charge is -2.08. The third-order valence-electron chi connectivity index (χ3n) is 2.90. The molecule has 1 aromatic rings. The number of halogens is 1. The monoisotopic (exact) mass is 343 g/mol. The summed E-state index contributed by atoms with van der Waals surface area (Å²) in [5.41, 5.74) is 6.07. The lowest BCUT2D eigenvalue weighted by atomic mass is 10.2. The van der Waals surface area contributed by atoms with Crippen LogP contribution in [0.15, 0.2) is 24.3 Å². The molecule has 0 heterocycles. The smallest absolute Gasteiger partial charge is 0.224 e. The van der Waals surface area contributed by atoms with Crippen molar-refractivity contribution in [2.45, 2.75) is 32.6 Å². The summed E-state index contributed by atoms with van der Waals surface area (Å²) in [6.45, 7) is 3.61. The summed E-state index contributed by atoms with van der Waals surface area (Å²) >= 11 is 0. The van der Waals surface area contributed by atoms with E-state index < -0.39 is 0 Å². The highest BCUT2D eigenvalue weighted by molar-refractivity contribution is 5.91. The van der Waals surface area contributed by atoms with Crippen molar-refractivity contribution in [2.24, 2.45) is 5.73 Å². The summed E-state index contributed by atoms with van der Waals surface area (Å²) < 4.78 is 5.36. The number of ether oxygens (including phenoxy) is 1. The molecule has 0 atom stereocenters. The first-order valence-electron chi connectivity index (χ1n) is 7.65. The van der Waals surface area contributed by atoms with Crippen LogP contribution >= 0.6 is 12.4 Å². The lowest BCUT2D eigenvalue weighted by molar-refractivity contribution is -0.121. The van der Waals surface area contributed by atoms with E-state index in [1.807, 2.05) is 6.92 Å². The number of carbonyl (C=O) groups is 2. The van der Waals surface area contributed by atoms with Gasteiger partial charge in [-0.3, -0.25) is 9.59 Å². The van der Waals surface area contributed by atoms with Crippen LogP contribution in [0.25, 0.3) is 0 Å². The summed E-state index contributed by atoms with van der Waals surface area (Å²) in [5.74, 6) is 0.617. The van der Waals surface area contributed by atoms with Crippen molar-refractivity contribution in [1.82, 2.24) is 5.32 Å². The number of rotatable bonds is 10. The minimum atomic E-state index is -0.0982. The number of benzene rings is 1. The Balaban J connectivity index is 0.00000484. The molecule has 0 aromatic heterocycles. The molecule has 6 nitrogen and oxygen atoms in total. The van der Waals surface area contributed by atoms with Crippen molar-refractivity contribution in [3.63, 3.8) is 0 Å². The second-order valence-electron chi connectivity index (χ2n) is 4.91. The van der Waals surface area contributed by atoms with Crippen molar-refractivity contribution in [3.05, 3.63) is 24.3 Å². The molecule has 7 heteroatoms. The van der Waals surface area contributed by atoms with E-state index in [2.05, 4.69) is 10.6 Å². The molecule has 1 rings (SSSR count). The molecule has 23 heavy (non-hydrogen) atoms. The summed E-state index contributed by atoms with van der Waals surface area (Å²) in [4.78, 5) is 23.2. The zero-order valence-corrected chi connectivity index (χ0v) is 14.3. The van der Waals surface area contributed by atoms with E-state index in [0.717, 1.165) is 12.2 Å². The molecular formula is C16H26ClN3O3. The van der Waals surface area contributed by atoms with Gasteiger partial charge in [0.25, 0.3) is 0 Å². The second-order valence-corrected chi connectivity index (χ2v) is 4.91. The average Bonchev–Trinajstić information content (AvgIpc) is 2.52. The van der Waals surface area contributed by atoms with E-state index in [4.69, 9.17) is 10.5 Å². The molecule has 2 amide bonds. The zero-order valence-electron chi connectivity index (χ0n) is 13.5. The Morgan fingerprint density at radius 3 is 2.39 bits per heavy atom. The van der Waals surface area contributed by atoms with Crippen LogP contribution in [0.5, 0.6) is 5.75 Å². The normalized spacial score (nSPS) is 9.65. The quantitative estimate of drug-likeness (QED) is 0.606. The fourth-order valence-corrected chi connectivity index (χ4v) is 1.80. The summed E-state index contributed by atoms with van der Waals surface area (Å²) in [6.07, 6.45) is 2.15. The van der Waals surface area contributed by atoms with E-state index in [-0.39, 0.29) is 24.2 Å². The van der Waals surface area contributed by atoms with Crippen molar-refractivity contribution in [1.29, 1.82) is 0 Å². The molecule has 0 aliphatic heterocycles. The van der Waals surface area contributed by atoms with E-state index in [1.165, 1.54) is 0 Å². The average molecular weight is 344 g/mol. The van der Waals surface area contributed by atoms with Crippen LogP contribution in [-0.4, -0.2) is 31.5 Å². The molecule has 0 radical (unpaired) electrons. The van der Waals surface area contributed by atoms with Crippen LogP contribution in [0, 0.1) is 0 Å².